The Hall–Kier alpha value is -1.91. The van der Waals surface area contributed by atoms with Crippen LogP contribution in [-0.2, 0) is 0 Å². The van der Waals surface area contributed by atoms with E-state index < -0.39 is 5.97 Å². The van der Waals surface area contributed by atoms with Gasteiger partial charge in [0.25, 0.3) is 5.91 Å². The molecule has 0 bridgehead atoms. The van der Waals surface area contributed by atoms with E-state index in [0.29, 0.717) is 5.92 Å². The first-order chi connectivity index (χ1) is 8.34. The summed E-state index contributed by atoms with van der Waals surface area (Å²) in [4.78, 5) is 28.3. The first-order valence-corrected chi connectivity index (χ1v) is 5.81. The van der Waals surface area contributed by atoms with E-state index in [4.69, 9.17) is 5.11 Å². The molecule has 0 aliphatic heterocycles. The molecule has 1 amide bonds. The molecule has 0 saturated carbocycles. The zero-order valence-electron chi connectivity index (χ0n) is 11.0. The molecule has 0 spiro atoms. The molecule has 0 aliphatic rings. The number of hydrogen-bond acceptors (Lipinski definition) is 3. The van der Waals surface area contributed by atoms with Crippen LogP contribution in [-0.4, -0.2) is 40.0 Å². The van der Waals surface area contributed by atoms with Gasteiger partial charge in [-0.3, -0.25) is 9.78 Å². The van der Waals surface area contributed by atoms with Crippen LogP contribution in [0, 0.1) is 5.92 Å². The molecule has 1 heterocycles. The summed E-state index contributed by atoms with van der Waals surface area (Å²) >= 11 is 0. The average Bonchev–Trinajstić information content (AvgIpc) is 2.36. The third kappa shape index (κ3) is 3.06. The van der Waals surface area contributed by atoms with E-state index in [1.165, 1.54) is 18.3 Å². The Morgan fingerprint density at radius 2 is 1.89 bits per heavy atom. The van der Waals surface area contributed by atoms with Crippen LogP contribution >= 0.6 is 0 Å². The molecule has 1 atom stereocenters. The first kappa shape index (κ1) is 14.2. The van der Waals surface area contributed by atoms with Gasteiger partial charge in [-0.25, -0.2) is 4.79 Å². The van der Waals surface area contributed by atoms with Crippen LogP contribution in [0.5, 0.6) is 0 Å². The van der Waals surface area contributed by atoms with E-state index in [1.54, 1.807) is 11.9 Å². The summed E-state index contributed by atoms with van der Waals surface area (Å²) in [5.74, 6) is -0.907. The van der Waals surface area contributed by atoms with E-state index in [0.717, 1.165) is 0 Å². The van der Waals surface area contributed by atoms with Gasteiger partial charge in [0.15, 0.2) is 0 Å². The minimum Gasteiger partial charge on any atom is -0.478 e. The summed E-state index contributed by atoms with van der Waals surface area (Å²) in [6, 6.07) is 2.92. The van der Waals surface area contributed by atoms with E-state index in [2.05, 4.69) is 4.98 Å². The zero-order chi connectivity index (χ0) is 13.9. The van der Waals surface area contributed by atoms with E-state index >= 15 is 0 Å². The standard InChI is InChI=1S/C13H18N2O3/c1-8(2)9(3)15(4)12(16)11-6-5-10(7-14-11)13(17)18/h5-9H,1-4H3,(H,17,18). The molecule has 1 aromatic heterocycles. The summed E-state index contributed by atoms with van der Waals surface area (Å²) < 4.78 is 0. The monoisotopic (exact) mass is 250 g/mol. The topological polar surface area (TPSA) is 70.5 Å². The number of aromatic nitrogens is 1. The van der Waals surface area contributed by atoms with Crippen molar-refractivity contribution in [2.45, 2.75) is 26.8 Å². The van der Waals surface area contributed by atoms with E-state index in [9.17, 15) is 9.59 Å². The molecule has 18 heavy (non-hydrogen) atoms. The minimum absolute atomic E-state index is 0.0751. The molecule has 5 nitrogen and oxygen atoms in total. The van der Waals surface area contributed by atoms with Crippen LogP contribution in [0.3, 0.4) is 0 Å². The van der Waals surface area contributed by atoms with Crippen LogP contribution in [0.15, 0.2) is 18.3 Å². The molecular formula is C13H18N2O3. The predicted octanol–water partition coefficient (Wildman–Crippen LogP) is 1.90. The lowest BCUT2D eigenvalue weighted by molar-refractivity contribution is 0.0683. The van der Waals surface area contributed by atoms with Gasteiger partial charge in [0.2, 0.25) is 0 Å². The Labute approximate surface area is 106 Å². The number of carboxylic acids is 1. The van der Waals surface area contributed by atoms with E-state index in [-0.39, 0.29) is 23.2 Å². The second-order valence-corrected chi connectivity index (χ2v) is 4.64. The first-order valence-electron chi connectivity index (χ1n) is 5.81. The lowest BCUT2D eigenvalue weighted by Crippen LogP contribution is -2.38. The molecule has 1 unspecified atom stereocenters. The van der Waals surface area contributed by atoms with Crippen molar-refractivity contribution in [3.8, 4) is 0 Å². The number of rotatable bonds is 4. The Balaban J connectivity index is 2.87. The Morgan fingerprint density at radius 3 is 2.28 bits per heavy atom. The van der Waals surface area contributed by atoms with Gasteiger partial charge in [-0.2, -0.15) is 0 Å². The van der Waals surface area contributed by atoms with Gasteiger partial charge in [0, 0.05) is 19.3 Å². The molecular weight excluding hydrogens is 232 g/mol. The normalized spacial score (nSPS) is 12.3. The molecule has 1 rings (SSSR count). The number of carbonyl (C=O) groups excluding carboxylic acids is 1. The van der Waals surface area contributed by atoms with Crippen molar-refractivity contribution in [1.82, 2.24) is 9.88 Å². The largest absolute Gasteiger partial charge is 0.478 e. The average molecular weight is 250 g/mol. The minimum atomic E-state index is -1.05. The second kappa shape index (κ2) is 5.62. The van der Waals surface area contributed by atoms with Crippen molar-refractivity contribution in [2.75, 3.05) is 7.05 Å². The van der Waals surface area contributed by atoms with Crippen molar-refractivity contribution in [3.63, 3.8) is 0 Å². The fraction of sp³-hybridized carbons (Fsp3) is 0.462. The Bertz CT molecular complexity index is 440. The molecule has 1 N–H and O–H groups in total. The highest BCUT2D eigenvalue weighted by Crippen LogP contribution is 2.11. The summed E-state index contributed by atoms with van der Waals surface area (Å²) in [6.45, 7) is 6.04. The molecule has 5 heteroatoms. The van der Waals surface area contributed by atoms with Gasteiger partial charge < -0.3 is 10.0 Å². The lowest BCUT2D eigenvalue weighted by atomic mass is 10.0. The van der Waals surface area contributed by atoms with Crippen molar-refractivity contribution in [1.29, 1.82) is 0 Å². The number of carbonyl (C=O) groups is 2. The third-order valence-electron chi connectivity index (χ3n) is 3.13. The van der Waals surface area contributed by atoms with E-state index in [1.807, 2.05) is 20.8 Å². The van der Waals surface area contributed by atoms with Gasteiger partial charge in [0.05, 0.1) is 5.56 Å². The summed E-state index contributed by atoms with van der Waals surface area (Å²) in [5, 5.41) is 8.75. The van der Waals surface area contributed by atoms with Crippen LogP contribution in [0.1, 0.15) is 41.6 Å². The summed E-state index contributed by atoms with van der Waals surface area (Å²) in [6.07, 6.45) is 1.20. The summed E-state index contributed by atoms with van der Waals surface area (Å²) in [5.41, 5.74) is 0.334. The highest BCUT2D eigenvalue weighted by Gasteiger charge is 2.20. The van der Waals surface area contributed by atoms with Crippen LogP contribution < -0.4 is 0 Å². The molecule has 0 aliphatic carbocycles. The quantitative estimate of drug-likeness (QED) is 0.886. The summed E-state index contributed by atoms with van der Waals surface area (Å²) in [7, 11) is 1.72. The SMILES string of the molecule is CC(C)C(C)N(C)C(=O)c1ccc(C(=O)O)cn1. The molecule has 0 fully saturated rings. The Morgan fingerprint density at radius 1 is 1.28 bits per heavy atom. The van der Waals surface area contributed by atoms with Gasteiger partial charge in [-0.1, -0.05) is 13.8 Å². The van der Waals surface area contributed by atoms with Crippen molar-refractivity contribution < 1.29 is 14.7 Å². The van der Waals surface area contributed by atoms with Gasteiger partial charge in [-0.15, -0.1) is 0 Å². The molecule has 0 aromatic carbocycles. The maximum atomic E-state index is 12.1. The zero-order valence-corrected chi connectivity index (χ0v) is 11.0. The Kier molecular flexibility index (Phi) is 4.42. The predicted molar refractivity (Wildman–Crippen MR) is 67.6 cm³/mol. The second-order valence-electron chi connectivity index (χ2n) is 4.64. The molecule has 0 radical (unpaired) electrons. The highest BCUT2D eigenvalue weighted by atomic mass is 16.4. The molecule has 0 saturated heterocycles. The fourth-order valence-corrected chi connectivity index (χ4v) is 1.46. The third-order valence-corrected chi connectivity index (χ3v) is 3.13. The number of nitrogens with zero attached hydrogens (tertiary/aromatic N) is 2. The van der Waals surface area contributed by atoms with Gasteiger partial charge in [-0.05, 0) is 25.0 Å². The highest BCUT2D eigenvalue weighted by molar-refractivity contribution is 5.93. The number of carboxylic acid groups (broad SMARTS) is 1. The number of aromatic carboxylic acids is 1. The molecule has 1 aromatic rings. The van der Waals surface area contributed by atoms with Crippen LogP contribution in [0.2, 0.25) is 0 Å². The number of hydrogen-bond donors (Lipinski definition) is 1. The fourth-order valence-electron chi connectivity index (χ4n) is 1.46. The molecule has 98 valence electrons. The van der Waals surface area contributed by atoms with Crippen molar-refractivity contribution in [2.24, 2.45) is 5.92 Å². The lowest BCUT2D eigenvalue weighted by Gasteiger charge is -2.27. The van der Waals surface area contributed by atoms with Crippen LogP contribution in [0.4, 0.5) is 0 Å². The maximum Gasteiger partial charge on any atom is 0.337 e. The number of pyridine rings is 1. The van der Waals surface area contributed by atoms with Crippen LogP contribution in [0.25, 0.3) is 0 Å². The van der Waals surface area contributed by atoms with Crippen molar-refractivity contribution in [3.05, 3.63) is 29.6 Å². The van der Waals surface area contributed by atoms with Crippen molar-refractivity contribution >= 4 is 11.9 Å². The number of amides is 1. The van der Waals surface area contributed by atoms with Gasteiger partial charge >= 0.3 is 5.97 Å². The smallest absolute Gasteiger partial charge is 0.337 e. The van der Waals surface area contributed by atoms with Gasteiger partial charge in [0.1, 0.15) is 5.69 Å². The maximum absolute atomic E-state index is 12.1.